The number of hydrogen-bond acceptors (Lipinski definition) is 22. The molecule has 0 aromatic carbocycles. The summed E-state index contributed by atoms with van der Waals surface area (Å²) in [6.07, 6.45) is -0.115. The molecule has 37 heteroatoms. The Bertz CT molecular complexity index is 2510. The topological polar surface area (TPSA) is 459 Å². The average molecular weight is 1140 g/mol. The number of aromatic amines is 2. The second kappa shape index (κ2) is 39.5. The maximum absolute atomic E-state index is 10.9. The summed E-state index contributed by atoms with van der Waals surface area (Å²) in [6, 6.07) is 1.56. The molecule has 72 heavy (non-hydrogen) atoms. The summed E-state index contributed by atoms with van der Waals surface area (Å²) in [5, 5.41) is 59.1. The van der Waals surface area contributed by atoms with Crippen LogP contribution in [-0.2, 0) is 59.1 Å². The monoisotopic (exact) mass is 1140 g/mol. The molecule has 0 saturated heterocycles. The van der Waals surface area contributed by atoms with E-state index in [1.807, 2.05) is 27.8 Å². The Balaban J connectivity index is -0.000000137. The van der Waals surface area contributed by atoms with Gasteiger partial charge in [-0.15, -0.1) is 4.99 Å². The number of Topliss-reactive ketones (excluding diaryl/α,β-unsaturated/α-hetero) is 1. The number of esters is 1. The molecule has 0 aliphatic carbocycles. The van der Waals surface area contributed by atoms with Gasteiger partial charge in [-0.3, -0.25) is 87.8 Å². The van der Waals surface area contributed by atoms with Gasteiger partial charge in [-0.05, 0) is 109 Å². The van der Waals surface area contributed by atoms with Crippen LogP contribution in [0.15, 0.2) is 15.7 Å². The number of ether oxygens (including phenoxy) is 1. The number of nitrogen functional groups attached to an aromatic ring is 1. The number of halogens is 4. The molecule has 0 fully saturated rings. The molecule has 0 aliphatic rings. The highest BCUT2D eigenvalue weighted by Crippen LogP contribution is 2.61. The van der Waals surface area contributed by atoms with Gasteiger partial charge in [-0.25, -0.2) is 5.26 Å². The van der Waals surface area contributed by atoms with Crippen LogP contribution in [0.25, 0.3) is 0 Å². The number of nitrogens with zero attached hydrogens (tertiary/aromatic N) is 11. The molecule has 0 unspecified atom stereocenters. The molecule has 5 aromatic rings. The third-order valence-corrected chi connectivity index (χ3v) is 8.00. The van der Waals surface area contributed by atoms with E-state index in [2.05, 4.69) is 80.4 Å². The minimum absolute atomic E-state index is 0. The number of rotatable bonds is 6. The lowest BCUT2D eigenvalue weighted by atomic mass is 10.3. The Kier molecular flexibility index (Phi) is 42.5. The van der Waals surface area contributed by atoms with Crippen LogP contribution in [0.4, 0.5) is 22.7 Å². The maximum atomic E-state index is 10.9. The Morgan fingerprint density at radius 2 is 1.15 bits per heavy atom. The predicted molar refractivity (Wildman–Crippen MR) is 274 cm³/mol. The Labute approximate surface area is 433 Å². The average Bonchev–Trinajstić information content (AvgIpc) is 3.96. The highest BCUT2D eigenvalue weighted by molar-refractivity contribution is 8.24. The number of aromatic nitrogens is 10. The summed E-state index contributed by atoms with van der Waals surface area (Å²) < 4.78 is 20.8. The van der Waals surface area contributed by atoms with E-state index in [0.29, 0.717) is 17.1 Å². The maximum Gasteiger partial charge on any atom is 0.355 e. The number of nitrogens with one attached hydrogen (secondary N) is 3. The number of anilines is 1. The molecule has 11 N–H and O–H groups in total. The number of hydrogen-bond donors (Lipinski definition) is 8. The Hall–Kier alpha value is -6.06. The van der Waals surface area contributed by atoms with Gasteiger partial charge in [0.2, 0.25) is 5.15 Å². The first-order chi connectivity index (χ1) is 32.5. The molecule has 5 rings (SSSR count). The normalized spacial score (nSPS) is 9.28. The lowest BCUT2D eigenvalue weighted by Crippen LogP contribution is -2.14. The molecular formula is C35H68Cl4N17O15P. The van der Waals surface area contributed by atoms with E-state index in [0.717, 1.165) is 33.1 Å². The molecule has 5 heterocycles. The summed E-state index contributed by atoms with van der Waals surface area (Å²) in [6.45, 7) is 13.4. The fourth-order valence-electron chi connectivity index (χ4n) is 4.44. The third kappa shape index (κ3) is 32.0. The van der Waals surface area contributed by atoms with Gasteiger partial charge in [0, 0.05) is 48.4 Å². The highest BCUT2D eigenvalue weighted by atomic mass is 36.0. The van der Waals surface area contributed by atoms with Crippen molar-refractivity contribution >= 4 is 85.0 Å². The van der Waals surface area contributed by atoms with Crippen molar-refractivity contribution in [2.75, 3.05) is 26.9 Å². The third-order valence-electron chi connectivity index (χ3n) is 7.58. The fraction of sp³-hybridized carbons (Fsp3) is 0.514. The lowest BCUT2D eigenvalue weighted by molar-refractivity contribution is -0.386. The van der Waals surface area contributed by atoms with Crippen LogP contribution in [0.1, 0.15) is 62.1 Å². The molecule has 0 spiro atoms. The lowest BCUT2D eigenvalue weighted by Gasteiger charge is -1.90. The number of carbonyl (C=O) groups is 2. The summed E-state index contributed by atoms with van der Waals surface area (Å²) in [5.74, 6) is -0.644. The summed E-state index contributed by atoms with van der Waals surface area (Å²) in [7, 11) is 12.5. The van der Waals surface area contributed by atoms with Gasteiger partial charge < -0.3 is 27.0 Å². The predicted octanol–water partition coefficient (Wildman–Crippen LogP) is 5.16. The van der Waals surface area contributed by atoms with Crippen LogP contribution in [0.2, 0.25) is 5.15 Å². The largest absolute Gasteiger partial charge is 0.469 e. The van der Waals surface area contributed by atoms with Gasteiger partial charge in [0.25, 0.3) is 5.56 Å². The van der Waals surface area contributed by atoms with Crippen molar-refractivity contribution in [3.63, 3.8) is 0 Å². The molecule has 0 atom stereocenters. The van der Waals surface area contributed by atoms with Crippen LogP contribution in [0.3, 0.4) is 0 Å². The van der Waals surface area contributed by atoms with Crippen LogP contribution in [-0.4, -0.2) is 107 Å². The SMILES string of the molecule is C.CN.CN.COC(=O)CC(C)=O.Cc1[nH]n(C)c(=O)c1[N+](=O)[O-].Cc1cc(=O)n(C)[nH]1.Cc1nn(C)c(C)c1N.Cc1nn(C)c(C)c1[N+](=O)[O-].Cc1nn(C)c(Cl)c1[N+](=O)[O-].O=P(Cl)(Cl)Cl.ONOO.[HH]. The molecular weight excluding hydrogens is 1070 g/mol. The van der Waals surface area contributed by atoms with Crippen molar-refractivity contribution in [3.8, 4) is 0 Å². The van der Waals surface area contributed by atoms with Gasteiger partial charge >= 0.3 is 33.8 Å². The van der Waals surface area contributed by atoms with Crippen LogP contribution < -0.4 is 34.0 Å². The molecule has 32 nitrogen and oxygen atoms in total. The number of methoxy groups -OCH3 is 1. The minimum atomic E-state index is -3.22. The number of carbonyl (C=O) groups excluding carboxylic acids is 2. The summed E-state index contributed by atoms with van der Waals surface area (Å²) in [4.78, 5) is 74.0. The quantitative estimate of drug-likeness (QED) is 0.0272. The zero-order chi connectivity index (χ0) is 57.4. The van der Waals surface area contributed by atoms with Crippen LogP contribution in [0, 0.1) is 78.8 Å². The number of aryl methyl sites for hydroxylation is 10. The number of ketones is 1. The number of H-pyrrole nitrogens is 2. The highest BCUT2D eigenvalue weighted by Gasteiger charge is 2.22. The second-order valence-electron chi connectivity index (χ2n) is 12.8. The molecule has 0 bridgehead atoms. The smallest absolute Gasteiger partial charge is 0.355 e. The molecule has 5 aromatic heterocycles. The van der Waals surface area contributed by atoms with Gasteiger partial charge in [-0.2, -0.15) is 15.3 Å². The molecule has 0 radical (unpaired) electrons. The van der Waals surface area contributed by atoms with Crippen molar-refractivity contribution in [1.29, 1.82) is 0 Å². The first-order valence-corrected chi connectivity index (χ1v) is 23.8. The van der Waals surface area contributed by atoms with Gasteiger partial charge in [0.05, 0.1) is 39.0 Å². The second-order valence-corrected chi connectivity index (χ2v) is 19.8. The van der Waals surface area contributed by atoms with Gasteiger partial charge in [0.15, 0.2) is 0 Å². The number of nitro groups is 3. The van der Waals surface area contributed by atoms with Gasteiger partial charge in [0.1, 0.15) is 35.0 Å². The van der Waals surface area contributed by atoms with Gasteiger partial charge in [-0.1, -0.05) is 19.0 Å². The first kappa shape index (κ1) is 77.4. The van der Waals surface area contributed by atoms with Crippen molar-refractivity contribution in [2.24, 2.45) is 46.7 Å². The molecule has 416 valence electrons. The molecule has 0 saturated carbocycles. The number of nitrogens with two attached hydrogens (primary N) is 3. The Morgan fingerprint density at radius 3 is 1.28 bits per heavy atom. The van der Waals surface area contributed by atoms with Crippen LogP contribution >= 0.6 is 50.5 Å². The van der Waals surface area contributed by atoms with E-state index in [1.165, 1.54) is 56.1 Å². The standard InChI is InChI=1S/C6H9N3O2.C6H11N3.C5H6ClN3O2.C5H7N3O3.C5H8N2O.C5H8O3.2CH5N.CH4.Cl3OP.H3NO3.H2/c1-4-6(9(10)11)5(2)8(3)7-4;1-4-6(7)5(2)9(3)8-4;1-3-4(9(10)11)5(6)8(2)7-3;1-3-4(8(10)11)5(9)7(2)6-3;1-4-3-5(8)7(2)6-4;1-4(6)3-5(7)8-2;2*1-2;;1-5(2,3)4;2-1-4-3;/h1-3H3;7H2,1-3H3;1-2H3;6H,1-2H3;3,6H,1-2H3;3H2,1-2H3;2*2H2,1H3;1H4;;1-3H;1H. The molecule has 0 aliphatic heterocycles. The van der Waals surface area contributed by atoms with E-state index >= 15 is 0 Å². The van der Waals surface area contributed by atoms with Crippen molar-refractivity contribution in [3.05, 3.63) is 102 Å². The van der Waals surface area contributed by atoms with Crippen molar-refractivity contribution in [1.82, 2.24) is 54.5 Å². The van der Waals surface area contributed by atoms with Crippen LogP contribution in [0.5, 0.6) is 0 Å². The van der Waals surface area contributed by atoms with E-state index < -0.39 is 31.5 Å². The zero-order valence-corrected chi connectivity index (χ0v) is 45.5. The fourth-order valence-corrected chi connectivity index (χ4v) is 4.69. The Morgan fingerprint density at radius 1 is 0.778 bits per heavy atom. The minimum Gasteiger partial charge on any atom is -0.469 e. The zero-order valence-electron chi connectivity index (χ0n) is 41.6. The molecule has 0 amide bonds. The van der Waals surface area contributed by atoms with Crippen molar-refractivity contribution < 1.29 is 50.5 Å². The van der Waals surface area contributed by atoms with E-state index in [9.17, 15) is 54.1 Å². The first-order valence-electron chi connectivity index (χ1n) is 19.0. The van der Waals surface area contributed by atoms with Crippen molar-refractivity contribution in [2.45, 2.75) is 69.2 Å². The van der Waals surface area contributed by atoms with E-state index in [1.54, 1.807) is 52.7 Å². The van der Waals surface area contributed by atoms with E-state index in [-0.39, 0.29) is 54.5 Å². The summed E-state index contributed by atoms with van der Waals surface area (Å²) >= 11 is 19.4. The summed E-state index contributed by atoms with van der Waals surface area (Å²) in [5.41, 5.74) is 20.0. The van der Waals surface area contributed by atoms with E-state index in [4.69, 9.17) is 27.8 Å².